The Labute approximate surface area is 173 Å². The smallest absolute Gasteiger partial charge is 0.129 e. The molecule has 0 aliphatic rings. The molecule has 5 nitrogen and oxygen atoms in total. The van der Waals surface area contributed by atoms with Gasteiger partial charge in [-0.15, -0.1) is 0 Å². The molecule has 1 atom stereocenters. The normalized spacial score (nSPS) is 12.7. The van der Waals surface area contributed by atoms with E-state index in [1.807, 2.05) is 18.2 Å². The van der Waals surface area contributed by atoms with Gasteiger partial charge < -0.3 is 18.8 Å². The molecular weight excluding hydrogens is 364 g/mol. The number of hydrogen-bond acceptors (Lipinski definition) is 4. The highest BCUT2D eigenvalue weighted by Crippen LogP contribution is 2.13. The molecule has 2 aromatic heterocycles. The Bertz CT molecular complexity index is 812. The van der Waals surface area contributed by atoms with Gasteiger partial charge in [0.1, 0.15) is 12.4 Å². The minimum absolute atomic E-state index is 0.292. The topological polar surface area (TPSA) is 50.8 Å². The van der Waals surface area contributed by atoms with E-state index < -0.39 is 6.10 Å². The molecule has 0 saturated heterocycles. The zero-order valence-corrected chi connectivity index (χ0v) is 17.4. The highest BCUT2D eigenvalue weighted by atomic mass is 16.5. The number of rotatable bonds is 12. The fraction of sp³-hybridized carbons (Fsp3) is 0.417. The van der Waals surface area contributed by atoms with Crippen LogP contribution in [0.15, 0.2) is 71.5 Å². The standard InChI is InChI=1S/C24H32N2O3/c1-20(2)14-25(17-23(27)18-28-19-24-11-7-13-29-24)16-22-10-6-12-26(22)15-21-8-4-3-5-9-21/h3-13,20,23,27H,14-19H2,1-2H3/t23-/m0/s1. The number of nitrogens with zero attached hydrogens (tertiary/aromatic N) is 2. The van der Waals surface area contributed by atoms with Crippen molar-refractivity contribution in [2.75, 3.05) is 19.7 Å². The molecule has 0 bridgehead atoms. The molecule has 0 radical (unpaired) electrons. The van der Waals surface area contributed by atoms with Crippen molar-refractivity contribution < 1.29 is 14.3 Å². The Hall–Kier alpha value is -2.34. The van der Waals surface area contributed by atoms with Crippen LogP contribution in [0.2, 0.25) is 0 Å². The molecule has 0 fully saturated rings. The lowest BCUT2D eigenvalue weighted by Gasteiger charge is -2.27. The third-order valence-electron chi connectivity index (χ3n) is 4.73. The van der Waals surface area contributed by atoms with Gasteiger partial charge in [-0.2, -0.15) is 0 Å². The summed E-state index contributed by atoms with van der Waals surface area (Å²) in [5.74, 6) is 1.29. The maximum Gasteiger partial charge on any atom is 0.129 e. The quantitative estimate of drug-likeness (QED) is 0.499. The van der Waals surface area contributed by atoms with Crippen molar-refractivity contribution in [1.82, 2.24) is 9.47 Å². The summed E-state index contributed by atoms with van der Waals surface area (Å²) < 4.78 is 13.1. The summed E-state index contributed by atoms with van der Waals surface area (Å²) in [6.07, 6.45) is 3.21. The van der Waals surface area contributed by atoms with Crippen LogP contribution >= 0.6 is 0 Å². The number of aliphatic hydroxyl groups is 1. The Kier molecular flexibility index (Phi) is 8.11. The summed E-state index contributed by atoms with van der Waals surface area (Å²) in [5.41, 5.74) is 2.53. The van der Waals surface area contributed by atoms with E-state index in [-0.39, 0.29) is 0 Å². The van der Waals surface area contributed by atoms with Crippen molar-refractivity contribution in [2.45, 2.75) is 39.6 Å². The number of aromatic nitrogens is 1. The SMILES string of the molecule is CC(C)CN(Cc1cccn1Cc1ccccc1)C[C@H](O)COCc1ccco1. The molecule has 0 unspecified atom stereocenters. The van der Waals surface area contributed by atoms with Crippen molar-refractivity contribution in [3.63, 3.8) is 0 Å². The third-order valence-corrected chi connectivity index (χ3v) is 4.73. The van der Waals surface area contributed by atoms with E-state index in [4.69, 9.17) is 9.15 Å². The summed E-state index contributed by atoms with van der Waals surface area (Å²) >= 11 is 0. The van der Waals surface area contributed by atoms with Crippen molar-refractivity contribution >= 4 is 0 Å². The summed E-state index contributed by atoms with van der Waals surface area (Å²) in [6, 6.07) is 18.4. The zero-order valence-electron chi connectivity index (χ0n) is 17.4. The number of furan rings is 1. The van der Waals surface area contributed by atoms with Crippen LogP contribution < -0.4 is 0 Å². The zero-order chi connectivity index (χ0) is 20.5. The summed E-state index contributed by atoms with van der Waals surface area (Å²) in [6.45, 7) is 8.24. The van der Waals surface area contributed by atoms with Crippen molar-refractivity contribution in [2.24, 2.45) is 5.92 Å². The Balaban J connectivity index is 1.55. The first-order chi connectivity index (χ1) is 14.1. The van der Waals surface area contributed by atoms with Crippen LogP contribution in [-0.2, 0) is 24.4 Å². The first-order valence-electron chi connectivity index (χ1n) is 10.3. The molecule has 2 heterocycles. The van der Waals surface area contributed by atoms with Gasteiger partial charge in [0.2, 0.25) is 0 Å². The number of aliphatic hydroxyl groups excluding tert-OH is 1. The van der Waals surface area contributed by atoms with E-state index in [2.05, 4.69) is 65.9 Å². The Morgan fingerprint density at radius 3 is 2.59 bits per heavy atom. The largest absolute Gasteiger partial charge is 0.467 e. The second-order valence-electron chi connectivity index (χ2n) is 7.95. The maximum absolute atomic E-state index is 10.5. The number of ether oxygens (including phenoxy) is 1. The molecule has 0 spiro atoms. The van der Waals surface area contributed by atoms with Crippen LogP contribution in [0.5, 0.6) is 0 Å². The summed E-state index contributed by atoms with van der Waals surface area (Å²) in [5, 5.41) is 10.5. The van der Waals surface area contributed by atoms with E-state index in [1.165, 1.54) is 11.3 Å². The minimum Gasteiger partial charge on any atom is -0.467 e. The molecular formula is C24H32N2O3. The highest BCUT2D eigenvalue weighted by molar-refractivity contribution is 5.17. The summed E-state index contributed by atoms with van der Waals surface area (Å²) in [7, 11) is 0. The average molecular weight is 397 g/mol. The Morgan fingerprint density at radius 1 is 1.03 bits per heavy atom. The minimum atomic E-state index is -0.541. The molecule has 156 valence electrons. The van der Waals surface area contributed by atoms with E-state index in [0.717, 1.165) is 25.4 Å². The molecule has 1 N–H and O–H groups in total. The van der Waals surface area contributed by atoms with Crippen molar-refractivity contribution in [3.05, 3.63) is 84.1 Å². The summed E-state index contributed by atoms with van der Waals surface area (Å²) in [4.78, 5) is 2.31. The highest BCUT2D eigenvalue weighted by Gasteiger charge is 2.16. The monoisotopic (exact) mass is 396 g/mol. The van der Waals surface area contributed by atoms with E-state index in [1.54, 1.807) is 6.26 Å². The molecule has 0 saturated carbocycles. The van der Waals surface area contributed by atoms with Gasteiger partial charge in [0, 0.05) is 38.1 Å². The van der Waals surface area contributed by atoms with Crippen LogP contribution in [0.3, 0.4) is 0 Å². The van der Waals surface area contributed by atoms with Gasteiger partial charge in [-0.3, -0.25) is 4.90 Å². The number of benzene rings is 1. The number of hydrogen-bond donors (Lipinski definition) is 1. The first kappa shape index (κ1) is 21.4. The van der Waals surface area contributed by atoms with Crippen LogP contribution in [0.4, 0.5) is 0 Å². The molecule has 0 aliphatic carbocycles. The Morgan fingerprint density at radius 2 is 1.86 bits per heavy atom. The van der Waals surface area contributed by atoms with Gasteiger partial charge in [-0.05, 0) is 35.7 Å². The molecule has 0 amide bonds. The van der Waals surface area contributed by atoms with Gasteiger partial charge in [0.15, 0.2) is 0 Å². The van der Waals surface area contributed by atoms with Gasteiger partial charge in [-0.1, -0.05) is 44.2 Å². The second-order valence-corrected chi connectivity index (χ2v) is 7.95. The predicted molar refractivity (Wildman–Crippen MR) is 114 cm³/mol. The molecule has 29 heavy (non-hydrogen) atoms. The third kappa shape index (κ3) is 7.20. The van der Waals surface area contributed by atoms with E-state index in [9.17, 15) is 5.11 Å². The van der Waals surface area contributed by atoms with Crippen LogP contribution in [0, 0.1) is 5.92 Å². The van der Waals surface area contributed by atoms with Crippen LogP contribution in [0.1, 0.15) is 30.9 Å². The molecule has 5 heteroatoms. The van der Waals surface area contributed by atoms with Gasteiger partial charge in [0.25, 0.3) is 0 Å². The van der Waals surface area contributed by atoms with Gasteiger partial charge >= 0.3 is 0 Å². The molecule has 3 aromatic rings. The van der Waals surface area contributed by atoms with Crippen LogP contribution in [0.25, 0.3) is 0 Å². The fourth-order valence-corrected chi connectivity index (χ4v) is 3.52. The first-order valence-corrected chi connectivity index (χ1v) is 10.3. The van der Waals surface area contributed by atoms with E-state index >= 15 is 0 Å². The van der Waals surface area contributed by atoms with Crippen LogP contribution in [-0.4, -0.2) is 40.4 Å². The average Bonchev–Trinajstić information content (AvgIpc) is 3.35. The van der Waals surface area contributed by atoms with Crippen molar-refractivity contribution in [1.29, 1.82) is 0 Å². The molecule has 1 aromatic carbocycles. The van der Waals surface area contributed by atoms with Crippen molar-refractivity contribution in [3.8, 4) is 0 Å². The predicted octanol–water partition coefficient (Wildman–Crippen LogP) is 4.17. The lowest BCUT2D eigenvalue weighted by molar-refractivity contribution is 0.00193. The van der Waals surface area contributed by atoms with Gasteiger partial charge in [0.05, 0.1) is 19.0 Å². The lowest BCUT2D eigenvalue weighted by atomic mass is 10.2. The fourth-order valence-electron chi connectivity index (χ4n) is 3.52. The molecule has 0 aliphatic heterocycles. The molecule has 3 rings (SSSR count). The van der Waals surface area contributed by atoms with Gasteiger partial charge in [-0.25, -0.2) is 0 Å². The maximum atomic E-state index is 10.5. The lowest BCUT2D eigenvalue weighted by Crippen LogP contribution is -2.37. The van der Waals surface area contributed by atoms with E-state index in [0.29, 0.717) is 25.7 Å². The second kappa shape index (κ2) is 11.0.